The number of nitrogens with zero attached hydrogens (tertiary/aromatic N) is 4. The van der Waals surface area contributed by atoms with Crippen LogP contribution >= 0.6 is 0 Å². The van der Waals surface area contributed by atoms with E-state index < -0.39 is 0 Å². The number of ether oxygens (including phenoxy) is 1. The van der Waals surface area contributed by atoms with Gasteiger partial charge in [0, 0.05) is 57.5 Å². The molecule has 6 heteroatoms. The molecule has 1 aromatic rings. The van der Waals surface area contributed by atoms with Crippen molar-refractivity contribution in [3.05, 3.63) is 24.4 Å². The first-order valence-corrected chi connectivity index (χ1v) is 12.1. The van der Waals surface area contributed by atoms with Crippen molar-refractivity contribution in [2.24, 2.45) is 5.92 Å². The summed E-state index contributed by atoms with van der Waals surface area (Å²) in [5.41, 5.74) is -0.285. The van der Waals surface area contributed by atoms with Gasteiger partial charge in [-0.25, -0.2) is 4.98 Å². The van der Waals surface area contributed by atoms with Crippen LogP contribution in [0, 0.1) is 5.92 Å². The standard InChI is InChI=1S/C25H42N4O2/c1-6-23(30)29(22-9-7-8-12-26-22)20-25(11-18-31-24(4,5)19-25)28-16-14-27(15-17-28)13-10-21(2)3/h7-9,12,21H,6,10-11,13-20H2,1-5H3. The van der Waals surface area contributed by atoms with E-state index in [2.05, 4.69) is 42.5 Å². The zero-order valence-electron chi connectivity index (χ0n) is 20.3. The van der Waals surface area contributed by atoms with Crippen LogP contribution in [0.15, 0.2) is 24.4 Å². The van der Waals surface area contributed by atoms with Gasteiger partial charge in [0.25, 0.3) is 0 Å². The number of piperazine rings is 1. The fourth-order valence-corrected chi connectivity index (χ4v) is 5.14. The average Bonchev–Trinajstić information content (AvgIpc) is 2.76. The van der Waals surface area contributed by atoms with Gasteiger partial charge in [0.2, 0.25) is 5.91 Å². The summed E-state index contributed by atoms with van der Waals surface area (Å²) in [5.74, 6) is 1.64. The number of anilines is 1. The number of hydrogen-bond acceptors (Lipinski definition) is 5. The quantitative estimate of drug-likeness (QED) is 0.628. The second-order valence-electron chi connectivity index (χ2n) is 10.3. The molecule has 2 aliphatic rings. The van der Waals surface area contributed by atoms with Gasteiger partial charge in [-0.2, -0.15) is 0 Å². The van der Waals surface area contributed by atoms with Crippen molar-refractivity contribution >= 4 is 11.7 Å². The van der Waals surface area contributed by atoms with E-state index in [9.17, 15) is 4.79 Å². The molecule has 2 fully saturated rings. The molecule has 0 radical (unpaired) electrons. The summed E-state index contributed by atoms with van der Waals surface area (Å²) >= 11 is 0. The Balaban J connectivity index is 1.82. The van der Waals surface area contributed by atoms with E-state index in [0.717, 1.165) is 57.4 Å². The van der Waals surface area contributed by atoms with Gasteiger partial charge >= 0.3 is 0 Å². The molecular formula is C25H42N4O2. The maximum Gasteiger partial charge on any atom is 0.227 e. The van der Waals surface area contributed by atoms with E-state index in [1.807, 2.05) is 30.0 Å². The van der Waals surface area contributed by atoms with Crippen LogP contribution in [0.5, 0.6) is 0 Å². The minimum atomic E-state index is -0.196. The van der Waals surface area contributed by atoms with Gasteiger partial charge in [-0.15, -0.1) is 0 Å². The summed E-state index contributed by atoms with van der Waals surface area (Å²) in [6.07, 6.45) is 5.38. The van der Waals surface area contributed by atoms with E-state index >= 15 is 0 Å². The molecule has 0 saturated carbocycles. The third kappa shape index (κ3) is 6.27. The van der Waals surface area contributed by atoms with E-state index in [0.29, 0.717) is 13.0 Å². The molecule has 1 atom stereocenters. The van der Waals surface area contributed by atoms with Crippen molar-refractivity contribution in [1.29, 1.82) is 0 Å². The van der Waals surface area contributed by atoms with Crippen LogP contribution < -0.4 is 4.90 Å². The van der Waals surface area contributed by atoms with Gasteiger partial charge in [0.05, 0.1) is 5.60 Å². The number of carbonyl (C=O) groups excluding carboxylic acids is 1. The summed E-state index contributed by atoms with van der Waals surface area (Å²) in [7, 11) is 0. The van der Waals surface area contributed by atoms with Crippen molar-refractivity contribution in [3.8, 4) is 0 Å². The first-order valence-electron chi connectivity index (χ1n) is 12.1. The fraction of sp³-hybridized carbons (Fsp3) is 0.760. The molecule has 174 valence electrons. The Hall–Kier alpha value is -1.50. The summed E-state index contributed by atoms with van der Waals surface area (Å²) in [5, 5.41) is 0. The van der Waals surface area contributed by atoms with Gasteiger partial charge in [-0.1, -0.05) is 26.8 Å². The first kappa shape index (κ1) is 24.1. The van der Waals surface area contributed by atoms with Gasteiger partial charge in [0.15, 0.2) is 0 Å². The number of amides is 1. The summed E-state index contributed by atoms with van der Waals surface area (Å²) in [6, 6.07) is 5.82. The Morgan fingerprint density at radius 2 is 1.97 bits per heavy atom. The van der Waals surface area contributed by atoms with Crippen molar-refractivity contribution in [2.45, 2.75) is 71.4 Å². The molecule has 1 unspecified atom stereocenters. The van der Waals surface area contributed by atoms with Gasteiger partial charge in [-0.3, -0.25) is 14.6 Å². The molecule has 2 aliphatic heterocycles. The number of aromatic nitrogens is 1. The van der Waals surface area contributed by atoms with E-state index in [4.69, 9.17) is 4.74 Å². The molecule has 0 bridgehead atoms. The fourth-order valence-electron chi connectivity index (χ4n) is 5.14. The minimum absolute atomic E-state index is 0.0890. The normalized spacial score (nSPS) is 25.0. The molecule has 1 amide bonds. The Labute approximate surface area is 188 Å². The lowest BCUT2D eigenvalue weighted by Crippen LogP contribution is -2.66. The van der Waals surface area contributed by atoms with Crippen LogP contribution in [0.1, 0.15) is 60.3 Å². The maximum absolute atomic E-state index is 13.0. The minimum Gasteiger partial charge on any atom is -0.375 e. The van der Waals surface area contributed by atoms with Crippen LogP contribution in [0.4, 0.5) is 5.82 Å². The van der Waals surface area contributed by atoms with Gasteiger partial charge < -0.3 is 9.64 Å². The Morgan fingerprint density at radius 1 is 1.23 bits per heavy atom. The lowest BCUT2D eigenvalue weighted by molar-refractivity contribution is -0.130. The third-order valence-electron chi connectivity index (χ3n) is 6.86. The predicted octanol–water partition coefficient (Wildman–Crippen LogP) is 3.82. The highest BCUT2D eigenvalue weighted by atomic mass is 16.5. The number of rotatable bonds is 8. The zero-order valence-corrected chi connectivity index (χ0v) is 20.3. The van der Waals surface area contributed by atoms with Crippen molar-refractivity contribution < 1.29 is 9.53 Å². The van der Waals surface area contributed by atoms with Crippen LogP contribution in [0.3, 0.4) is 0 Å². The molecule has 0 spiro atoms. The second-order valence-corrected chi connectivity index (χ2v) is 10.3. The molecule has 1 aromatic heterocycles. The number of hydrogen-bond donors (Lipinski definition) is 0. The molecule has 0 aromatic carbocycles. The smallest absolute Gasteiger partial charge is 0.227 e. The van der Waals surface area contributed by atoms with Gasteiger partial charge in [0.1, 0.15) is 5.82 Å². The van der Waals surface area contributed by atoms with E-state index in [1.54, 1.807) is 6.20 Å². The Bertz CT molecular complexity index is 701. The van der Waals surface area contributed by atoms with E-state index in [-0.39, 0.29) is 17.0 Å². The van der Waals surface area contributed by atoms with E-state index in [1.165, 1.54) is 13.0 Å². The highest BCUT2D eigenvalue weighted by Crippen LogP contribution is 2.38. The SMILES string of the molecule is CCC(=O)N(CC1(N2CCN(CCC(C)C)CC2)CCOC(C)(C)C1)c1ccccn1. The largest absolute Gasteiger partial charge is 0.375 e. The Kier molecular flexibility index (Phi) is 8.11. The number of carbonyl (C=O) groups is 1. The summed E-state index contributed by atoms with van der Waals surface area (Å²) < 4.78 is 6.12. The molecule has 3 heterocycles. The van der Waals surface area contributed by atoms with Crippen LogP contribution in [0.2, 0.25) is 0 Å². The highest BCUT2D eigenvalue weighted by Gasteiger charge is 2.47. The van der Waals surface area contributed by atoms with Crippen molar-refractivity contribution in [2.75, 3.05) is 50.8 Å². The lowest BCUT2D eigenvalue weighted by Gasteiger charge is -2.54. The maximum atomic E-state index is 13.0. The molecule has 2 saturated heterocycles. The monoisotopic (exact) mass is 430 g/mol. The third-order valence-corrected chi connectivity index (χ3v) is 6.86. The molecule has 0 aliphatic carbocycles. The summed E-state index contributed by atoms with van der Waals surface area (Å²) in [4.78, 5) is 24.7. The van der Waals surface area contributed by atoms with Crippen molar-refractivity contribution in [1.82, 2.24) is 14.8 Å². The zero-order chi connectivity index (χ0) is 22.5. The molecule has 0 N–H and O–H groups in total. The highest BCUT2D eigenvalue weighted by molar-refractivity contribution is 5.92. The second kappa shape index (κ2) is 10.4. The predicted molar refractivity (Wildman–Crippen MR) is 126 cm³/mol. The molecule has 6 nitrogen and oxygen atoms in total. The number of pyridine rings is 1. The molecule has 3 rings (SSSR count). The molecule has 31 heavy (non-hydrogen) atoms. The van der Waals surface area contributed by atoms with Crippen molar-refractivity contribution in [3.63, 3.8) is 0 Å². The lowest BCUT2D eigenvalue weighted by atomic mass is 9.78. The van der Waals surface area contributed by atoms with Crippen LogP contribution in [-0.4, -0.2) is 77.7 Å². The first-order chi connectivity index (χ1) is 14.7. The van der Waals surface area contributed by atoms with Gasteiger partial charge in [-0.05, 0) is 57.7 Å². The van der Waals surface area contributed by atoms with Crippen LogP contribution in [-0.2, 0) is 9.53 Å². The average molecular weight is 431 g/mol. The topological polar surface area (TPSA) is 48.9 Å². The molecular weight excluding hydrogens is 388 g/mol. The Morgan fingerprint density at radius 3 is 2.55 bits per heavy atom. The summed E-state index contributed by atoms with van der Waals surface area (Å²) in [6.45, 7) is 17.8. The van der Waals surface area contributed by atoms with Crippen LogP contribution in [0.25, 0.3) is 0 Å².